The topological polar surface area (TPSA) is 48.1 Å². The number of rotatable bonds is 6. The number of anilines is 1. The summed E-state index contributed by atoms with van der Waals surface area (Å²) in [7, 11) is 0. The molecular weight excluding hydrogens is 300 g/mol. The number of thiazole rings is 1. The summed E-state index contributed by atoms with van der Waals surface area (Å²) in [6.45, 7) is 9.23. The van der Waals surface area contributed by atoms with Gasteiger partial charge in [-0.1, -0.05) is 31.3 Å². The highest BCUT2D eigenvalue weighted by atomic mass is 32.2. The number of hydrogen-bond acceptors (Lipinski definition) is 5. The lowest BCUT2D eigenvalue weighted by Crippen LogP contribution is -2.01. The van der Waals surface area contributed by atoms with E-state index in [1.807, 2.05) is 6.92 Å². The number of hydrogen-bond donors (Lipinski definition) is 1. The van der Waals surface area contributed by atoms with Crippen LogP contribution in [0.5, 0.6) is 5.75 Å². The first-order valence-electron chi connectivity index (χ1n) is 7.06. The number of nitrogen functional groups attached to an aromatic ring is 1. The van der Waals surface area contributed by atoms with Gasteiger partial charge in [0.25, 0.3) is 0 Å². The maximum Gasteiger partial charge on any atom is 0.181 e. The van der Waals surface area contributed by atoms with E-state index in [1.165, 1.54) is 15.3 Å². The van der Waals surface area contributed by atoms with Crippen molar-refractivity contribution in [1.82, 2.24) is 4.98 Å². The molecule has 1 aromatic carbocycles. The van der Waals surface area contributed by atoms with Crippen LogP contribution in [0.2, 0.25) is 0 Å². The second-order valence-corrected chi connectivity index (χ2v) is 7.69. The molecule has 0 aliphatic carbocycles. The fourth-order valence-corrected chi connectivity index (χ4v) is 4.13. The molecule has 21 heavy (non-hydrogen) atoms. The average Bonchev–Trinajstić information content (AvgIpc) is 2.73. The molecular formula is C16H22N2OS2. The van der Waals surface area contributed by atoms with Gasteiger partial charge in [0.2, 0.25) is 0 Å². The van der Waals surface area contributed by atoms with Crippen LogP contribution in [0.25, 0.3) is 0 Å². The van der Waals surface area contributed by atoms with Crippen molar-refractivity contribution in [2.75, 3.05) is 18.1 Å². The lowest BCUT2D eigenvalue weighted by molar-refractivity contribution is 0.343. The summed E-state index contributed by atoms with van der Waals surface area (Å²) < 4.78 is 7.00. The van der Waals surface area contributed by atoms with Crippen LogP contribution in [-0.4, -0.2) is 17.3 Å². The van der Waals surface area contributed by atoms with Crippen LogP contribution in [0.3, 0.4) is 0 Å². The van der Waals surface area contributed by atoms with Gasteiger partial charge < -0.3 is 10.5 Å². The normalized spacial score (nSPS) is 11.1. The molecule has 1 heterocycles. The first-order valence-corrected chi connectivity index (χ1v) is 8.86. The summed E-state index contributed by atoms with van der Waals surface area (Å²) in [4.78, 5) is 4.22. The number of ether oxygens (including phenoxy) is 1. The third-order valence-electron chi connectivity index (χ3n) is 3.22. The van der Waals surface area contributed by atoms with E-state index in [4.69, 9.17) is 10.5 Å². The average molecular weight is 322 g/mol. The predicted octanol–water partition coefficient (Wildman–Crippen LogP) is 4.64. The Bertz CT molecular complexity index is 608. The molecule has 2 N–H and O–H groups in total. The van der Waals surface area contributed by atoms with E-state index in [0.29, 0.717) is 17.7 Å². The quantitative estimate of drug-likeness (QED) is 0.622. The van der Waals surface area contributed by atoms with Crippen LogP contribution in [0.1, 0.15) is 36.6 Å². The minimum absolute atomic E-state index is 0.550. The van der Waals surface area contributed by atoms with Crippen LogP contribution in [0.4, 0.5) is 5.13 Å². The summed E-state index contributed by atoms with van der Waals surface area (Å²) in [5, 5.41) is 0.635. The van der Waals surface area contributed by atoms with Gasteiger partial charge in [-0.2, -0.15) is 0 Å². The van der Waals surface area contributed by atoms with Gasteiger partial charge in [-0.15, -0.1) is 11.8 Å². The minimum Gasteiger partial charge on any atom is -0.493 e. The molecule has 0 saturated heterocycles. The Labute approximate surface area is 134 Å². The molecule has 0 fully saturated rings. The first kappa shape index (κ1) is 16.2. The third kappa shape index (κ3) is 4.38. The van der Waals surface area contributed by atoms with Crippen molar-refractivity contribution in [3.05, 3.63) is 35.0 Å². The molecule has 0 bridgehead atoms. The zero-order valence-corrected chi connectivity index (χ0v) is 14.6. The third-order valence-corrected chi connectivity index (χ3v) is 5.53. The summed E-state index contributed by atoms with van der Waals surface area (Å²) in [5.74, 6) is 2.39. The maximum absolute atomic E-state index is 5.82. The Balaban J connectivity index is 1.84. The van der Waals surface area contributed by atoms with Crippen molar-refractivity contribution in [3.63, 3.8) is 0 Å². The van der Waals surface area contributed by atoms with E-state index in [2.05, 4.69) is 44.0 Å². The highest BCUT2D eigenvalue weighted by Crippen LogP contribution is 2.30. The van der Waals surface area contributed by atoms with Crippen LogP contribution >= 0.6 is 23.1 Å². The summed E-state index contributed by atoms with van der Waals surface area (Å²) in [6, 6.07) is 6.34. The molecule has 114 valence electrons. The summed E-state index contributed by atoms with van der Waals surface area (Å²) >= 11 is 3.29. The van der Waals surface area contributed by atoms with Crippen molar-refractivity contribution in [2.24, 2.45) is 0 Å². The van der Waals surface area contributed by atoms with Crippen LogP contribution < -0.4 is 10.5 Å². The second kappa shape index (κ2) is 7.18. The lowest BCUT2D eigenvalue weighted by atomic mass is 9.98. The highest BCUT2D eigenvalue weighted by Gasteiger charge is 2.07. The Morgan fingerprint density at radius 2 is 2.10 bits per heavy atom. The number of aryl methyl sites for hydroxylation is 2. The molecule has 0 radical (unpaired) electrons. The van der Waals surface area contributed by atoms with Gasteiger partial charge in [0.1, 0.15) is 5.75 Å². The van der Waals surface area contributed by atoms with Crippen LogP contribution in [0.15, 0.2) is 22.4 Å². The molecule has 0 unspecified atom stereocenters. The van der Waals surface area contributed by atoms with E-state index in [-0.39, 0.29) is 0 Å². The summed E-state index contributed by atoms with van der Waals surface area (Å²) in [5.41, 5.74) is 9.38. The Morgan fingerprint density at radius 3 is 2.67 bits per heavy atom. The number of benzene rings is 1. The molecule has 0 amide bonds. The molecule has 0 saturated carbocycles. The van der Waals surface area contributed by atoms with Crippen molar-refractivity contribution < 1.29 is 4.74 Å². The van der Waals surface area contributed by atoms with Gasteiger partial charge >= 0.3 is 0 Å². The second-order valence-electron chi connectivity index (χ2n) is 5.29. The molecule has 2 aromatic rings. The molecule has 2 rings (SSSR count). The van der Waals surface area contributed by atoms with E-state index in [0.717, 1.165) is 17.2 Å². The van der Waals surface area contributed by atoms with Gasteiger partial charge in [-0.3, -0.25) is 0 Å². The largest absolute Gasteiger partial charge is 0.493 e. The molecule has 3 nitrogen and oxygen atoms in total. The van der Waals surface area contributed by atoms with E-state index in [9.17, 15) is 0 Å². The highest BCUT2D eigenvalue weighted by molar-refractivity contribution is 8.01. The smallest absolute Gasteiger partial charge is 0.181 e. The summed E-state index contributed by atoms with van der Waals surface area (Å²) in [6.07, 6.45) is 0. The standard InChI is InChI=1S/C16H22N2OS2/c1-10(2)14-6-5-13(9-11(14)3)19-7-8-20-15-12(4)18-16(17)21-15/h5-6,9-10H,7-8H2,1-4H3,(H2,17,18). The Morgan fingerprint density at radius 1 is 1.33 bits per heavy atom. The van der Waals surface area contributed by atoms with Gasteiger partial charge in [-0.05, 0) is 43.0 Å². The number of aromatic nitrogens is 1. The number of nitrogens with zero attached hydrogens (tertiary/aromatic N) is 1. The van der Waals surface area contributed by atoms with E-state index < -0.39 is 0 Å². The van der Waals surface area contributed by atoms with Gasteiger partial charge in [0.05, 0.1) is 16.5 Å². The predicted molar refractivity (Wildman–Crippen MR) is 92.8 cm³/mol. The zero-order valence-electron chi connectivity index (χ0n) is 13.0. The first-order chi connectivity index (χ1) is 9.97. The molecule has 0 spiro atoms. The van der Waals surface area contributed by atoms with Crippen molar-refractivity contribution in [3.8, 4) is 5.75 Å². The Kier molecular flexibility index (Phi) is 5.53. The SMILES string of the molecule is Cc1cc(OCCSc2sc(N)nc2C)ccc1C(C)C. The zero-order chi connectivity index (χ0) is 15.4. The monoisotopic (exact) mass is 322 g/mol. The molecule has 0 atom stereocenters. The van der Waals surface area contributed by atoms with Crippen LogP contribution in [0, 0.1) is 13.8 Å². The lowest BCUT2D eigenvalue weighted by Gasteiger charge is -2.12. The Hall–Kier alpha value is -1.20. The maximum atomic E-state index is 5.82. The number of nitrogens with two attached hydrogens (primary N) is 1. The van der Waals surface area contributed by atoms with Gasteiger partial charge in [-0.25, -0.2) is 4.98 Å². The van der Waals surface area contributed by atoms with Gasteiger partial charge in [0.15, 0.2) is 5.13 Å². The molecule has 0 aliphatic rings. The van der Waals surface area contributed by atoms with Crippen molar-refractivity contribution in [1.29, 1.82) is 0 Å². The van der Waals surface area contributed by atoms with E-state index in [1.54, 1.807) is 23.1 Å². The van der Waals surface area contributed by atoms with Crippen molar-refractivity contribution in [2.45, 2.75) is 37.8 Å². The fourth-order valence-electron chi connectivity index (χ4n) is 2.22. The van der Waals surface area contributed by atoms with Crippen molar-refractivity contribution >= 4 is 28.2 Å². The van der Waals surface area contributed by atoms with Gasteiger partial charge in [0, 0.05) is 5.75 Å². The number of thioether (sulfide) groups is 1. The van der Waals surface area contributed by atoms with E-state index >= 15 is 0 Å². The fraction of sp³-hybridized carbons (Fsp3) is 0.438. The molecule has 0 aliphatic heterocycles. The van der Waals surface area contributed by atoms with Crippen LogP contribution in [-0.2, 0) is 0 Å². The molecule has 1 aromatic heterocycles. The molecule has 5 heteroatoms. The minimum atomic E-state index is 0.550.